The standard InChI is InChI=1S/C14H13ClFN3O/c1-8-3-5-11(10(16)7-8)18-14(20)13-9(15)4-6-12(17-2)19-13/h3-7H,1-2H3,(H,17,19)(H,18,20). The molecule has 20 heavy (non-hydrogen) atoms. The Kier molecular flexibility index (Phi) is 4.20. The molecule has 0 radical (unpaired) electrons. The van der Waals surface area contributed by atoms with Crippen LogP contribution in [0.25, 0.3) is 0 Å². The predicted octanol–water partition coefficient (Wildman–Crippen LogP) is 3.48. The van der Waals surface area contributed by atoms with Gasteiger partial charge in [0.1, 0.15) is 17.3 Å². The van der Waals surface area contributed by atoms with Crippen LogP contribution in [0.15, 0.2) is 30.3 Å². The summed E-state index contributed by atoms with van der Waals surface area (Å²) in [5.41, 5.74) is 0.903. The van der Waals surface area contributed by atoms with Crippen LogP contribution < -0.4 is 10.6 Å². The van der Waals surface area contributed by atoms with E-state index in [0.717, 1.165) is 5.56 Å². The highest BCUT2D eigenvalue weighted by atomic mass is 35.5. The van der Waals surface area contributed by atoms with E-state index in [0.29, 0.717) is 5.82 Å². The molecule has 0 unspecified atom stereocenters. The van der Waals surface area contributed by atoms with Crippen molar-refractivity contribution in [2.75, 3.05) is 17.7 Å². The fourth-order valence-corrected chi connectivity index (χ4v) is 1.83. The maximum absolute atomic E-state index is 13.7. The molecule has 2 aromatic rings. The molecule has 1 heterocycles. The Hall–Kier alpha value is -2.14. The molecule has 0 spiro atoms. The van der Waals surface area contributed by atoms with Gasteiger partial charge in [-0.15, -0.1) is 0 Å². The summed E-state index contributed by atoms with van der Waals surface area (Å²) in [5, 5.41) is 5.47. The number of anilines is 2. The second kappa shape index (κ2) is 5.88. The van der Waals surface area contributed by atoms with Crippen LogP contribution in [-0.4, -0.2) is 17.9 Å². The second-order valence-corrected chi connectivity index (χ2v) is 4.62. The van der Waals surface area contributed by atoms with Crippen LogP contribution >= 0.6 is 11.6 Å². The number of nitrogens with zero attached hydrogens (tertiary/aromatic N) is 1. The van der Waals surface area contributed by atoms with Crippen molar-refractivity contribution < 1.29 is 9.18 Å². The lowest BCUT2D eigenvalue weighted by atomic mass is 10.2. The quantitative estimate of drug-likeness (QED) is 0.911. The molecule has 1 aromatic carbocycles. The number of benzene rings is 1. The number of aromatic nitrogens is 1. The van der Waals surface area contributed by atoms with Gasteiger partial charge in [0.2, 0.25) is 0 Å². The van der Waals surface area contributed by atoms with E-state index >= 15 is 0 Å². The van der Waals surface area contributed by atoms with Gasteiger partial charge < -0.3 is 10.6 Å². The maximum atomic E-state index is 13.7. The normalized spacial score (nSPS) is 10.2. The summed E-state index contributed by atoms with van der Waals surface area (Å²) < 4.78 is 13.7. The lowest BCUT2D eigenvalue weighted by Gasteiger charge is -2.09. The first-order valence-electron chi connectivity index (χ1n) is 5.93. The van der Waals surface area contributed by atoms with Gasteiger partial charge in [-0.05, 0) is 36.8 Å². The highest BCUT2D eigenvalue weighted by Crippen LogP contribution is 2.20. The third-order valence-corrected chi connectivity index (χ3v) is 3.00. The summed E-state index contributed by atoms with van der Waals surface area (Å²) in [5.74, 6) is -0.557. The number of amides is 1. The van der Waals surface area contributed by atoms with E-state index < -0.39 is 11.7 Å². The van der Waals surface area contributed by atoms with Gasteiger partial charge in [0, 0.05) is 7.05 Å². The monoisotopic (exact) mass is 293 g/mol. The van der Waals surface area contributed by atoms with Gasteiger partial charge in [0.15, 0.2) is 0 Å². The number of carbonyl (C=O) groups excluding carboxylic acids is 1. The molecule has 2 rings (SSSR count). The van der Waals surface area contributed by atoms with E-state index in [9.17, 15) is 9.18 Å². The number of aryl methyl sites for hydroxylation is 1. The largest absolute Gasteiger partial charge is 0.373 e. The van der Waals surface area contributed by atoms with Crippen LogP contribution in [0.2, 0.25) is 5.02 Å². The summed E-state index contributed by atoms with van der Waals surface area (Å²) in [4.78, 5) is 16.1. The highest BCUT2D eigenvalue weighted by molar-refractivity contribution is 6.34. The van der Waals surface area contributed by atoms with Crippen LogP contribution in [0.1, 0.15) is 16.1 Å². The summed E-state index contributed by atoms with van der Waals surface area (Å²) in [6, 6.07) is 7.75. The van der Waals surface area contributed by atoms with Crippen LogP contribution in [0.3, 0.4) is 0 Å². The number of carbonyl (C=O) groups is 1. The number of hydrogen-bond donors (Lipinski definition) is 2. The zero-order chi connectivity index (χ0) is 14.7. The topological polar surface area (TPSA) is 54.0 Å². The van der Waals surface area contributed by atoms with E-state index in [-0.39, 0.29) is 16.4 Å². The van der Waals surface area contributed by atoms with E-state index in [4.69, 9.17) is 11.6 Å². The van der Waals surface area contributed by atoms with Gasteiger partial charge in [-0.3, -0.25) is 4.79 Å². The molecule has 2 N–H and O–H groups in total. The summed E-state index contributed by atoms with van der Waals surface area (Å²) in [7, 11) is 1.68. The van der Waals surface area contributed by atoms with E-state index in [1.807, 2.05) is 0 Å². The van der Waals surface area contributed by atoms with Gasteiger partial charge >= 0.3 is 0 Å². The van der Waals surface area contributed by atoms with E-state index in [2.05, 4.69) is 15.6 Å². The van der Waals surface area contributed by atoms with Crippen LogP contribution in [0, 0.1) is 12.7 Å². The minimum Gasteiger partial charge on any atom is -0.373 e. The average molecular weight is 294 g/mol. The Morgan fingerprint density at radius 1 is 1.30 bits per heavy atom. The van der Waals surface area contributed by atoms with Crippen LogP contribution in [-0.2, 0) is 0 Å². The van der Waals surface area contributed by atoms with Crippen molar-refractivity contribution in [3.05, 3.63) is 52.4 Å². The lowest BCUT2D eigenvalue weighted by molar-refractivity contribution is 0.102. The van der Waals surface area contributed by atoms with Crippen LogP contribution in [0.5, 0.6) is 0 Å². The van der Waals surface area contributed by atoms with Gasteiger partial charge in [0.25, 0.3) is 5.91 Å². The molecule has 0 bridgehead atoms. The molecule has 1 amide bonds. The number of halogens is 2. The Labute approximate surface area is 121 Å². The fourth-order valence-electron chi connectivity index (χ4n) is 1.64. The molecule has 0 aliphatic carbocycles. The SMILES string of the molecule is CNc1ccc(Cl)c(C(=O)Nc2ccc(C)cc2F)n1. The molecule has 0 saturated carbocycles. The Morgan fingerprint density at radius 2 is 2.05 bits per heavy atom. The Balaban J connectivity index is 2.28. The highest BCUT2D eigenvalue weighted by Gasteiger charge is 2.15. The molecule has 4 nitrogen and oxygen atoms in total. The summed E-state index contributed by atoms with van der Waals surface area (Å²) >= 11 is 5.93. The first-order chi connectivity index (χ1) is 9.51. The summed E-state index contributed by atoms with van der Waals surface area (Å²) in [6.45, 7) is 1.77. The van der Waals surface area contributed by atoms with E-state index in [1.54, 1.807) is 32.2 Å². The molecular weight excluding hydrogens is 281 g/mol. The zero-order valence-electron chi connectivity index (χ0n) is 11.0. The average Bonchev–Trinajstić information content (AvgIpc) is 2.42. The van der Waals surface area contributed by atoms with Crippen molar-refractivity contribution >= 4 is 29.0 Å². The number of pyridine rings is 1. The minimum atomic E-state index is -0.560. The van der Waals surface area contributed by atoms with Crippen molar-refractivity contribution in [3.8, 4) is 0 Å². The zero-order valence-corrected chi connectivity index (χ0v) is 11.8. The smallest absolute Gasteiger partial charge is 0.275 e. The molecule has 104 valence electrons. The van der Waals surface area contributed by atoms with Gasteiger partial charge in [-0.1, -0.05) is 17.7 Å². The minimum absolute atomic E-state index is 0.0403. The number of nitrogens with one attached hydrogen (secondary N) is 2. The van der Waals surface area contributed by atoms with Crippen molar-refractivity contribution in [1.82, 2.24) is 4.98 Å². The van der Waals surface area contributed by atoms with Crippen molar-refractivity contribution in [3.63, 3.8) is 0 Å². The number of rotatable bonds is 3. The molecule has 0 aliphatic rings. The third-order valence-electron chi connectivity index (χ3n) is 2.69. The molecule has 0 saturated heterocycles. The van der Waals surface area contributed by atoms with Crippen molar-refractivity contribution in [2.45, 2.75) is 6.92 Å². The van der Waals surface area contributed by atoms with Crippen molar-refractivity contribution in [2.24, 2.45) is 0 Å². The Morgan fingerprint density at radius 3 is 2.70 bits per heavy atom. The molecule has 6 heteroatoms. The van der Waals surface area contributed by atoms with Crippen LogP contribution in [0.4, 0.5) is 15.9 Å². The molecule has 0 fully saturated rings. The van der Waals surface area contributed by atoms with E-state index in [1.165, 1.54) is 12.1 Å². The van der Waals surface area contributed by atoms with Gasteiger partial charge in [-0.2, -0.15) is 0 Å². The maximum Gasteiger partial charge on any atom is 0.275 e. The number of hydrogen-bond acceptors (Lipinski definition) is 3. The summed E-state index contributed by atoms with van der Waals surface area (Å²) in [6.07, 6.45) is 0. The lowest BCUT2D eigenvalue weighted by Crippen LogP contribution is -2.16. The fraction of sp³-hybridized carbons (Fsp3) is 0.143. The molecular formula is C14H13ClFN3O. The molecule has 0 aliphatic heterocycles. The second-order valence-electron chi connectivity index (χ2n) is 4.21. The predicted molar refractivity (Wildman–Crippen MR) is 77.9 cm³/mol. The van der Waals surface area contributed by atoms with Gasteiger partial charge in [-0.25, -0.2) is 9.37 Å². The van der Waals surface area contributed by atoms with Crippen molar-refractivity contribution in [1.29, 1.82) is 0 Å². The Bertz CT molecular complexity index is 661. The molecule has 1 aromatic heterocycles. The first-order valence-corrected chi connectivity index (χ1v) is 6.31. The van der Waals surface area contributed by atoms with Gasteiger partial charge in [0.05, 0.1) is 10.7 Å². The molecule has 0 atom stereocenters. The third kappa shape index (κ3) is 3.05. The first kappa shape index (κ1) is 14.3.